The normalized spacial score (nSPS) is 24.7. The summed E-state index contributed by atoms with van der Waals surface area (Å²) in [6, 6.07) is 0.375. The summed E-state index contributed by atoms with van der Waals surface area (Å²) in [5.74, 6) is -0.119. The molecule has 3 nitrogen and oxygen atoms in total. The van der Waals surface area contributed by atoms with Crippen molar-refractivity contribution in [3.63, 3.8) is 0 Å². The Kier molecular flexibility index (Phi) is 4.14. The van der Waals surface area contributed by atoms with Crippen LogP contribution < -0.4 is 5.32 Å². The van der Waals surface area contributed by atoms with Crippen molar-refractivity contribution in [2.24, 2.45) is 5.41 Å². The number of carbonyl (C=O) groups excluding carboxylic acids is 1. The number of esters is 1. The molecule has 15 heavy (non-hydrogen) atoms. The highest BCUT2D eigenvalue weighted by Crippen LogP contribution is 2.44. The molecule has 0 saturated heterocycles. The maximum atomic E-state index is 11.5. The van der Waals surface area contributed by atoms with Gasteiger partial charge in [0, 0.05) is 6.04 Å². The van der Waals surface area contributed by atoms with Gasteiger partial charge in [-0.15, -0.1) is 0 Å². The molecule has 0 amide bonds. The molecule has 2 unspecified atom stereocenters. The monoisotopic (exact) mass is 213 g/mol. The molecule has 0 aliphatic heterocycles. The summed E-state index contributed by atoms with van der Waals surface area (Å²) in [5, 5.41) is 3.39. The van der Waals surface area contributed by atoms with E-state index in [0.29, 0.717) is 11.5 Å². The molecule has 2 atom stereocenters. The van der Waals surface area contributed by atoms with Gasteiger partial charge in [0.25, 0.3) is 0 Å². The molecule has 1 rings (SSSR count). The molecule has 0 aromatic heterocycles. The second-order valence-corrected chi connectivity index (χ2v) is 5.13. The van der Waals surface area contributed by atoms with Crippen LogP contribution in [0.15, 0.2) is 0 Å². The molecule has 0 aromatic carbocycles. The summed E-state index contributed by atoms with van der Waals surface area (Å²) in [5.41, 5.74) is 0.360. The largest absolute Gasteiger partial charge is 0.468 e. The number of hydrogen-bond donors (Lipinski definition) is 1. The van der Waals surface area contributed by atoms with Crippen molar-refractivity contribution < 1.29 is 9.53 Å². The minimum absolute atomic E-state index is 0.110. The van der Waals surface area contributed by atoms with E-state index in [9.17, 15) is 4.79 Å². The molecular formula is C12H23NO2. The Bertz CT molecular complexity index is 226. The number of nitrogens with one attached hydrogen (secondary N) is 1. The fourth-order valence-electron chi connectivity index (χ4n) is 1.81. The highest BCUT2D eigenvalue weighted by atomic mass is 16.5. The van der Waals surface area contributed by atoms with E-state index < -0.39 is 0 Å². The standard InChI is InChI=1S/C12H23NO2/c1-5-6-7-9(11(14)15-4)13-10-8-12(10,2)3/h9-10,13H,5-8H2,1-4H3. The molecule has 1 aliphatic rings. The number of methoxy groups -OCH3 is 1. The van der Waals surface area contributed by atoms with Gasteiger partial charge >= 0.3 is 5.97 Å². The first-order valence-corrected chi connectivity index (χ1v) is 5.85. The fourth-order valence-corrected chi connectivity index (χ4v) is 1.81. The Hall–Kier alpha value is -0.570. The summed E-state index contributed by atoms with van der Waals surface area (Å²) in [4.78, 5) is 11.5. The van der Waals surface area contributed by atoms with E-state index in [0.717, 1.165) is 25.7 Å². The van der Waals surface area contributed by atoms with Gasteiger partial charge in [-0.05, 0) is 18.3 Å². The lowest BCUT2D eigenvalue weighted by atomic mass is 10.1. The van der Waals surface area contributed by atoms with E-state index >= 15 is 0 Å². The predicted molar refractivity (Wildman–Crippen MR) is 60.7 cm³/mol. The lowest BCUT2D eigenvalue weighted by molar-refractivity contribution is -0.143. The molecule has 1 N–H and O–H groups in total. The zero-order valence-electron chi connectivity index (χ0n) is 10.3. The molecule has 1 fully saturated rings. The first-order chi connectivity index (χ1) is 7.01. The van der Waals surface area contributed by atoms with E-state index in [1.54, 1.807) is 0 Å². The van der Waals surface area contributed by atoms with E-state index in [1.807, 2.05) is 0 Å². The van der Waals surface area contributed by atoms with Gasteiger partial charge in [0.15, 0.2) is 0 Å². The predicted octanol–water partition coefficient (Wildman–Crippen LogP) is 2.11. The molecule has 0 aromatic rings. The first kappa shape index (κ1) is 12.5. The van der Waals surface area contributed by atoms with Crippen molar-refractivity contribution in [1.29, 1.82) is 0 Å². The number of carbonyl (C=O) groups is 1. The summed E-state index contributed by atoms with van der Waals surface area (Å²) in [7, 11) is 1.46. The highest BCUT2D eigenvalue weighted by Gasteiger charge is 2.47. The maximum Gasteiger partial charge on any atom is 0.322 e. The lowest BCUT2D eigenvalue weighted by Crippen LogP contribution is -2.40. The SMILES string of the molecule is CCCCC(NC1CC1(C)C)C(=O)OC. The zero-order chi connectivity index (χ0) is 11.5. The minimum Gasteiger partial charge on any atom is -0.468 e. The second-order valence-electron chi connectivity index (χ2n) is 5.13. The van der Waals surface area contributed by atoms with Crippen molar-refractivity contribution in [3.05, 3.63) is 0 Å². The second kappa shape index (κ2) is 4.97. The number of unbranched alkanes of at least 4 members (excludes halogenated alkanes) is 1. The summed E-state index contributed by atoms with van der Waals surface area (Å²) < 4.78 is 4.80. The number of hydrogen-bond acceptors (Lipinski definition) is 3. The lowest BCUT2D eigenvalue weighted by Gasteiger charge is -2.17. The molecule has 0 heterocycles. The average molecular weight is 213 g/mol. The third kappa shape index (κ3) is 3.49. The van der Waals surface area contributed by atoms with Crippen LogP contribution in [0.3, 0.4) is 0 Å². The third-order valence-electron chi connectivity index (χ3n) is 3.25. The van der Waals surface area contributed by atoms with Gasteiger partial charge in [-0.25, -0.2) is 0 Å². The Morgan fingerprint density at radius 1 is 1.60 bits per heavy atom. The van der Waals surface area contributed by atoms with Crippen LogP contribution in [0.2, 0.25) is 0 Å². The molecule has 1 aliphatic carbocycles. The van der Waals surface area contributed by atoms with Gasteiger partial charge in [0.05, 0.1) is 7.11 Å². The quantitative estimate of drug-likeness (QED) is 0.687. The van der Waals surface area contributed by atoms with Gasteiger partial charge in [0.2, 0.25) is 0 Å². The minimum atomic E-state index is -0.119. The zero-order valence-corrected chi connectivity index (χ0v) is 10.3. The van der Waals surface area contributed by atoms with Gasteiger partial charge in [-0.3, -0.25) is 4.79 Å². The first-order valence-electron chi connectivity index (χ1n) is 5.85. The topological polar surface area (TPSA) is 38.3 Å². The number of rotatable bonds is 6. The molecule has 0 radical (unpaired) electrons. The summed E-state index contributed by atoms with van der Waals surface area (Å²) in [6.07, 6.45) is 4.23. The van der Waals surface area contributed by atoms with Gasteiger partial charge in [-0.2, -0.15) is 0 Å². The Balaban J connectivity index is 2.39. The smallest absolute Gasteiger partial charge is 0.322 e. The van der Waals surface area contributed by atoms with Gasteiger partial charge in [0.1, 0.15) is 6.04 Å². The van der Waals surface area contributed by atoms with Crippen molar-refractivity contribution in [1.82, 2.24) is 5.32 Å². The van der Waals surface area contributed by atoms with Crippen molar-refractivity contribution in [2.75, 3.05) is 7.11 Å². The molecule has 88 valence electrons. The molecular weight excluding hydrogens is 190 g/mol. The van der Waals surface area contributed by atoms with Crippen LogP contribution >= 0.6 is 0 Å². The van der Waals surface area contributed by atoms with Crippen molar-refractivity contribution in [3.8, 4) is 0 Å². The maximum absolute atomic E-state index is 11.5. The van der Waals surface area contributed by atoms with Gasteiger partial charge in [-0.1, -0.05) is 33.6 Å². The average Bonchev–Trinajstić information content (AvgIpc) is 2.79. The Morgan fingerprint density at radius 2 is 2.20 bits per heavy atom. The third-order valence-corrected chi connectivity index (χ3v) is 3.25. The van der Waals surface area contributed by atoms with E-state index in [1.165, 1.54) is 7.11 Å². The van der Waals surface area contributed by atoms with E-state index in [2.05, 4.69) is 26.1 Å². The summed E-state index contributed by atoms with van der Waals surface area (Å²) in [6.45, 7) is 6.58. The highest BCUT2D eigenvalue weighted by molar-refractivity contribution is 5.75. The fraction of sp³-hybridized carbons (Fsp3) is 0.917. The van der Waals surface area contributed by atoms with Crippen LogP contribution in [0.4, 0.5) is 0 Å². The van der Waals surface area contributed by atoms with Crippen LogP contribution in [-0.4, -0.2) is 25.2 Å². The number of ether oxygens (including phenoxy) is 1. The molecule has 0 spiro atoms. The van der Waals surface area contributed by atoms with Gasteiger partial charge < -0.3 is 10.1 Å². The van der Waals surface area contributed by atoms with E-state index in [-0.39, 0.29) is 12.0 Å². The molecule has 1 saturated carbocycles. The van der Waals surface area contributed by atoms with Crippen LogP contribution in [-0.2, 0) is 9.53 Å². The Labute approximate surface area is 92.6 Å². The van der Waals surface area contributed by atoms with Crippen LogP contribution in [0, 0.1) is 5.41 Å². The molecule has 3 heteroatoms. The summed E-state index contributed by atoms with van der Waals surface area (Å²) >= 11 is 0. The van der Waals surface area contributed by atoms with E-state index in [4.69, 9.17) is 4.74 Å². The molecule has 0 bridgehead atoms. The Morgan fingerprint density at radius 3 is 2.60 bits per heavy atom. The van der Waals surface area contributed by atoms with Crippen molar-refractivity contribution in [2.45, 2.75) is 58.5 Å². The van der Waals surface area contributed by atoms with Crippen molar-refractivity contribution >= 4 is 5.97 Å². The van der Waals surface area contributed by atoms with Crippen LogP contribution in [0.25, 0.3) is 0 Å². The van der Waals surface area contributed by atoms with Crippen LogP contribution in [0.5, 0.6) is 0 Å². The van der Waals surface area contributed by atoms with Crippen LogP contribution in [0.1, 0.15) is 46.5 Å².